The lowest BCUT2D eigenvalue weighted by atomic mass is 10.1. The van der Waals surface area contributed by atoms with E-state index in [-0.39, 0.29) is 22.8 Å². The number of nitro groups is 1. The normalized spacial score (nSPS) is 11.0. The third-order valence-corrected chi connectivity index (χ3v) is 4.70. The zero-order valence-electron chi connectivity index (χ0n) is 14.0. The zero-order chi connectivity index (χ0) is 18.7. The number of hydrogen-bond acceptors (Lipinski definition) is 7. The van der Waals surface area contributed by atoms with Crippen molar-refractivity contribution in [2.75, 3.05) is 14.2 Å². The van der Waals surface area contributed by atoms with Crippen molar-refractivity contribution in [1.82, 2.24) is 4.98 Å². The van der Waals surface area contributed by atoms with E-state index in [2.05, 4.69) is 4.98 Å². The number of rotatable bonds is 6. The number of ketones is 1. The summed E-state index contributed by atoms with van der Waals surface area (Å²) in [5, 5.41) is 11.6. The second kappa shape index (κ2) is 7.32. The average Bonchev–Trinajstić information content (AvgIpc) is 3.09. The number of nitro benzene ring substituents is 1. The van der Waals surface area contributed by atoms with Gasteiger partial charge in [-0.1, -0.05) is 12.1 Å². The fraction of sp³-hybridized carbons (Fsp3) is 0.111. The van der Waals surface area contributed by atoms with Crippen LogP contribution in [-0.2, 0) is 0 Å². The Morgan fingerprint density at radius 2 is 1.88 bits per heavy atom. The molecule has 0 bridgehead atoms. The summed E-state index contributed by atoms with van der Waals surface area (Å²) < 4.78 is 11.2. The van der Waals surface area contributed by atoms with Crippen LogP contribution in [0.25, 0.3) is 16.3 Å². The quantitative estimate of drug-likeness (QED) is 0.280. The number of nitrogens with zero attached hydrogens (tertiary/aromatic N) is 2. The summed E-state index contributed by atoms with van der Waals surface area (Å²) in [5.41, 5.74) is 0.796. The van der Waals surface area contributed by atoms with Crippen LogP contribution in [0.3, 0.4) is 0 Å². The number of para-hydroxylation sites is 1. The van der Waals surface area contributed by atoms with Gasteiger partial charge in [-0.3, -0.25) is 14.9 Å². The number of hydrogen-bond donors (Lipinski definition) is 0. The molecule has 0 atom stereocenters. The van der Waals surface area contributed by atoms with Crippen LogP contribution < -0.4 is 9.47 Å². The van der Waals surface area contributed by atoms with Gasteiger partial charge in [0.1, 0.15) is 0 Å². The zero-order valence-corrected chi connectivity index (χ0v) is 14.8. The van der Waals surface area contributed by atoms with Crippen molar-refractivity contribution in [3.05, 3.63) is 63.2 Å². The Kier molecular flexibility index (Phi) is 4.94. The summed E-state index contributed by atoms with van der Waals surface area (Å²) in [5.74, 6) is 0.259. The number of fused-ring (bicyclic) bond motifs is 1. The number of allylic oxidation sites excluding steroid dienone is 1. The van der Waals surface area contributed by atoms with Crippen LogP contribution in [0.5, 0.6) is 11.5 Å². The highest BCUT2D eigenvalue weighted by Gasteiger charge is 2.18. The van der Waals surface area contributed by atoms with Crippen LogP contribution >= 0.6 is 11.3 Å². The molecule has 132 valence electrons. The molecule has 0 N–H and O–H groups in total. The maximum atomic E-state index is 12.4. The first-order valence-corrected chi connectivity index (χ1v) is 8.33. The van der Waals surface area contributed by atoms with Crippen LogP contribution in [-0.4, -0.2) is 29.9 Å². The van der Waals surface area contributed by atoms with Crippen molar-refractivity contribution in [2.45, 2.75) is 0 Å². The van der Waals surface area contributed by atoms with Crippen molar-refractivity contribution < 1.29 is 19.2 Å². The summed E-state index contributed by atoms with van der Waals surface area (Å²) in [6, 6.07) is 10.1. The SMILES string of the molecule is COc1cc(C=CC(=O)c2nc3ccccc3s2)c([N+](=O)[O-])cc1OC. The minimum absolute atomic E-state index is 0.184. The van der Waals surface area contributed by atoms with E-state index >= 15 is 0 Å². The van der Waals surface area contributed by atoms with Gasteiger partial charge in [-0.25, -0.2) is 4.98 Å². The summed E-state index contributed by atoms with van der Waals surface area (Å²) in [6.45, 7) is 0. The summed E-state index contributed by atoms with van der Waals surface area (Å²) in [7, 11) is 2.83. The van der Waals surface area contributed by atoms with Gasteiger partial charge in [0.2, 0.25) is 5.78 Å². The van der Waals surface area contributed by atoms with Gasteiger partial charge in [0.15, 0.2) is 16.5 Å². The average molecular weight is 370 g/mol. The van der Waals surface area contributed by atoms with E-state index in [9.17, 15) is 14.9 Å². The monoisotopic (exact) mass is 370 g/mol. The molecule has 2 aromatic carbocycles. The Bertz CT molecular complexity index is 993. The van der Waals surface area contributed by atoms with Gasteiger partial charge in [-0.15, -0.1) is 11.3 Å². The second-order valence-corrected chi connectivity index (χ2v) is 6.24. The number of thiazole rings is 1. The number of benzene rings is 2. The molecule has 0 aliphatic rings. The van der Waals surface area contributed by atoms with Crippen molar-refractivity contribution in [3.63, 3.8) is 0 Å². The van der Waals surface area contributed by atoms with Crippen LogP contribution in [0.2, 0.25) is 0 Å². The van der Waals surface area contributed by atoms with E-state index < -0.39 is 4.92 Å². The topological polar surface area (TPSA) is 91.6 Å². The molecule has 0 fully saturated rings. The molecule has 1 heterocycles. The van der Waals surface area contributed by atoms with E-state index in [4.69, 9.17) is 9.47 Å². The summed E-state index contributed by atoms with van der Waals surface area (Å²) >= 11 is 1.27. The predicted octanol–water partition coefficient (Wildman–Crippen LogP) is 4.12. The maximum absolute atomic E-state index is 12.4. The highest BCUT2D eigenvalue weighted by molar-refractivity contribution is 7.20. The van der Waals surface area contributed by atoms with Gasteiger partial charge in [0, 0.05) is 0 Å². The van der Waals surface area contributed by atoms with Crippen LogP contribution in [0.15, 0.2) is 42.5 Å². The largest absolute Gasteiger partial charge is 0.493 e. The molecule has 3 rings (SSSR count). The number of ether oxygens (including phenoxy) is 2. The Morgan fingerprint density at radius 3 is 2.54 bits per heavy atom. The third kappa shape index (κ3) is 3.40. The smallest absolute Gasteiger partial charge is 0.280 e. The molecule has 0 aliphatic heterocycles. The molecule has 0 unspecified atom stereocenters. The first kappa shape index (κ1) is 17.6. The molecular formula is C18H14N2O5S. The molecule has 0 amide bonds. The second-order valence-electron chi connectivity index (χ2n) is 5.21. The van der Waals surface area contributed by atoms with Gasteiger partial charge in [-0.2, -0.15) is 0 Å². The number of methoxy groups -OCH3 is 2. The van der Waals surface area contributed by atoms with Crippen LogP contribution in [0.4, 0.5) is 5.69 Å². The van der Waals surface area contributed by atoms with E-state index in [1.807, 2.05) is 24.3 Å². The fourth-order valence-corrected chi connectivity index (χ4v) is 3.28. The van der Waals surface area contributed by atoms with Gasteiger partial charge < -0.3 is 9.47 Å². The van der Waals surface area contributed by atoms with Crippen molar-refractivity contribution in [2.24, 2.45) is 0 Å². The molecule has 26 heavy (non-hydrogen) atoms. The van der Waals surface area contributed by atoms with Crippen molar-refractivity contribution >= 4 is 39.1 Å². The minimum Gasteiger partial charge on any atom is -0.493 e. The third-order valence-electron chi connectivity index (χ3n) is 3.65. The molecule has 8 heteroatoms. The molecular weight excluding hydrogens is 356 g/mol. The van der Waals surface area contributed by atoms with Crippen LogP contribution in [0, 0.1) is 10.1 Å². The maximum Gasteiger partial charge on any atom is 0.280 e. The standard InChI is InChI=1S/C18H14N2O5S/c1-24-15-9-11(13(20(22)23)10-16(15)25-2)7-8-14(21)18-19-12-5-3-4-6-17(12)26-18/h3-10H,1-2H3. The molecule has 3 aromatic rings. The number of carbonyl (C=O) groups excluding carboxylic acids is 1. The fourth-order valence-electron chi connectivity index (χ4n) is 2.39. The van der Waals surface area contributed by atoms with E-state index in [0.29, 0.717) is 10.8 Å². The first-order chi connectivity index (χ1) is 12.5. The molecule has 0 radical (unpaired) electrons. The van der Waals surface area contributed by atoms with E-state index in [1.165, 1.54) is 49.8 Å². The Labute approximate surface area is 152 Å². The predicted molar refractivity (Wildman–Crippen MR) is 99.2 cm³/mol. The Hall–Kier alpha value is -3.26. The molecule has 0 aliphatic carbocycles. The molecule has 0 spiro atoms. The van der Waals surface area contributed by atoms with Gasteiger partial charge in [-0.05, 0) is 30.4 Å². The Balaban J connectivity index is 1.96. The lowest BCUT2D eigenvalue weighted by molar-refractivity contribution is -0.385. The molecule has 0 saturated heterocycles. The summed E-state index contributed by atoms with van der Waals surface area (Å²) in [4.78, 5) is 27.4. The highest BCUT2D eigenvalue weighted by Crippen LogP contribution is 2.35. The highest BCUT2D eigenvalue weighted by atomic mass is 32.1. The van der Waals surface area contributed by atoms with E-state index in [1.54, 1.807) is 0 Å². The number of carbonyl (C=O) groups is 1. The van der Waals surface area contributed by atoms with Gasteiger partial charge >= 0.3 is 0 Å². The molecule has 0 saturated carbocycles. The summed E-state index contributed by atoms with van der Waals surface area (Å²) in [6.07, 6.45) is 2.65. The van der Waals surface area contributed by atoms with Crippen molar-refractivity contribution in [1.29, 1.82) is 0 Å². The van der Waals surface area contributed by atoms with Crippen LogP contribution in [0.1, 0.15) is 15.4 Å². The van der Waals surface area contributed by atoms with Gasteiger partial charge in [0.25, 0.3) is 5.69 Å². The lowest BCUT2D eigenvalue weighted by Crippen LogP contribution is -1.97. The van der Waals surface area contributed by atoms with Crippen molar-refractivity contribution in [3.8, 4) is 11.5 Å². The first-order valence-electron chi connectivity index (χ1n) is 7.52. The Morgan fingerprint density at radius 1 is 1.19 bits per heavy atom. The number of aromatic nitrogens is 1. The van der Waals surface area contributed by atoms with E-state index in [0.717, 1.165) is 10.2 Å². The van der Waals surface area contributed by atoms with Gasteiger partial charge in [0.05, 0.1) is 41.0 Å². The molecule has 1 aromatic heterocycles. The minimum atomic E-state index is -0.538. The molecule has 7 nitrogen and oxygen atoms in total. The lowest BCUT2D eigenvalue weighted by Gasteiger charge is -2.08.